The van der Waals surface area contributed by atoms with Crippen molar-refractivity contribution in [3.05, 3.63) is 58.6 Å². The van der Waals surface area contributed by atoms with Crippen LogP contribution in [0.1, 0.15) is 31.1 Å². The molecule has 4 heteroatoms. The quantitative estimate of drug-likeness (QED) is 0.876. The van der Waals surface area contributed by atoms with Gasteiger partial charge in [0.05, 0.1) is 5.02 Å². The van der Waals surface area contributed by atoms with E-state index in [1.54, 1.807) is 12.1 Å². The molecule has 0 aliphatic carbocycles. The highest BCUT2D eigenvalue weighted by Gasteiger charge is 2.09. The van der Waals surface area contributed by atoms with Gasteiger partial charge in [0.25, 0.3) is 0 Å². The molecule has 1 unspecified atom stereocenters. The van der Waals surface area contributed by atoms with E-state index in [1.165, 1.54) is 11.8 Å². The summed E-state index contributed by atoms with van der Waals surface area (Å²) in [5.74, 6) is -0.376. The average molecular weight is 281 g/mol. The molecule has 0 spiro atoms. The second-order valence-electron chi connectivity index (χ2n) is 4.59. The van der Waals surface area contributed by atoms with Crippen molar-refractivity contribution in [3.63, 3.8) is 0 Å². The van der Waals surface area contributed by atoms with E-state index in [0.29, 0.717) is 6.54 Å². The Morgan fingerprint density at radius 1 is 1.37 bits per heavy atom. The molecule has 19 heavy (non-hydrogen) atoms. The molecule has 1 N–H and O–H groups in total. The van der Waals surface area contributed by atoms with Gasteiger partial charge >= 0.3 is 0 Å². The van der Waals surface area contributed by atoms with Crippen LogP contribution < -0.4 is 5.32 Å². The van der Waals surface area contributed by atoms with E-state index in [0.717, 1.165) is 12.1 Å². The minimum atomic E-state index is -0.376. The Morgan fingerprint density at radius 2 is 2.16 bits per heavy atom. The molecule has 0 bridgehead atoms. The molecular formula is C15H18ClFN2. The smallest absolute Gasteiger partial charge is 0.141 e. The normalized spacial score (nSPS) is 12.6. The van der Waals surface area contributed by atoms with Gasteiger partial charge in [0.15, 0.2) is 0 Å². The summed E-state index contributed by atoms with van der Waals surface area (Å²) in [7, 11) is 0. The number of nitrogens with one attached hydrogen (secondary N) is 1. The van der Waals surface area contributed by atoms with Gasteiger partial charge in [-0.1, -0.05) is 24.6 Å². The van der Waals surface area contributed by atoms with Crippen molar-refractivity contribution >= 4 is 11.6 Å². The summed E-state index contributed by atoms with van der Waals surface area (Å²) in [6, 6.07) is 9.26. The summed E-state index contributed by atoms with van der Waals surface area (Å²) in [4.78, 5) is 0. The third kappa shape index (κ3) is 3.37. The summed E-state index contributed by atoms with van der Waals surface area (Å²) in [5, 5.41) is 3.56. The Bertz CT molecular complexity index is 551. The van der Waals surface area contributed by atoms with Crippen molar-refractivity contribution in [2.24, 2.45) is 0 Å². The van der Waals surface area contributed by atoms with E-state index in [1.807, 2.05) is 12.3 Å². The molecule has 1 atom stereocenters. The molecule has 1 aromatic carbocycles. The topological polar surface area (TPSA) is 17.0 Å². The molecule has 0 radical (unpaired) electrons. The zero-order chi connectivity index (χ0) is 13.8. The first-order chi connectivity index (χ1) is 9.11. The fourth-order valence-corrected chi connectivity index (χ4v) is 2.41. The van der Waals surface area contributed by atoms with E-state index >= 15 is 0 Å². The van der Waals surface area contributed by atoms with E-state index in [9.17, 15) is 4.39 Å². The number of aromatic nitrogens is 1. The van der Waals surface area contributed by atoms with Gasteiger partial charge in [0.1, 0.15) is 5.82 Å². The Kier molecular flexibility index (Phi) is 4.61. The van der Waals surface area contributed by atoms with E-state index in [4.69, 9.17) is 11.6 Å². The zero-order valence-electron chi connectivity index (χ0n) is 11.2. The van der Waals surface area contributed by atoms with Gasteiger partial charge in [-0.25, -0.2) is 4.39 Å². The Morgan fingerprint density at radius 3 is 2.84 bits per heavy atom. The first-order valence-electron chi connectivity index (χ1n) is 6.44. The monoisotopic (exact) mass is 280 g/mol. The van der Waals surface area contributed by atoms with Crippen LogP contribution in [0.3, 0.4) is 0 Å². The molecule has 0 aliphatic rings. The maximum Gasteiger partial charge on any atom is 0.141 e. The lowest BCUT2D eigenvalue weighted by atomic mass is 10.2. The van der Waals surface area contributed by atoms with Crippen LogP contribution in [0.5, 0.6) is 0 Å². The Balaban J connectivity index is 2.19. The first kappa shape index (κ1) is 14.1. The van der Waals surface area contributed by atoms with Crippen molar-refractivity contribution in [3.8, 4) is 0 Å². The van der Waals surface area contributed by atoms with Gasteiger partial charge in [-0.3, -0.25) is 0 Å². The highest BCUT2D eigenvalue weighted by Crippen LogP contribution is 2.19. The molecule has 2 rings (SSSR count). The van der Waals surface area contributed by atoms with E-state index in [2.05, 4.69) is 29.8 Å². The summed E-state index contributed by atoms with van der Waals surface area (Å²) in [6.45, 7) is 5.84. The maximum atomic E-state index is 13.1. The van der Waals surface area contributed by atoms with E-state index < -0.39 is 0 Å². The average Bonchev–Trinajstić information content (AvgIpc) is 2.82. The van der Waals surface area contributed by atoms with Crippen LogP contribution in [0.4, 0.5) is 4.39 Å². The molecule has 2 aromatic rings. The lowest BCUT2D eigenvalue weighted by Gasteiger charge is -2.16. The number of nitrogens with zero attached hydrogens (tertiary/aromatic N) is 1. The Hall–Kier alpha value is -1.32. The van der Waals surface area contributed by atoms with Gasteiger partial charge in [0.2, 0.25) is 0 Å². The standard InChI is InChI=1S/C15H18ClFN2/c1-3-18-11(2)15-5-4-8-19(15)10-12-6-7-14(17)13(16)9-12/h4-9,11,18H,3,10H2,1-2H3. The third-order valence-electron chi connectivity index (χ3n) is 3.16. The van der Waals surface area contributed by atoms with Crippen LogP contribution in [0.15, 0.2) is 36.5 Å². The molecule has 0 fully saturated rings. The summed E-state index contributed by atoms with van der Waals surface area (Å²) < 4.78 is 15.3. The predicted octanol–water partition coefficient (Wildman–Crippen LogP) is 4.00. The molecule has 102 valence electrons. The maximum absolute atomic E-state index is 13.1. The molecular weight excluding hydrogens is 263 g/mol. The summed E-state index contributed by atoms with van der Waals surface area (Å²) in [6.07, 6.45) is 2.03. The summed E-state index contributed by atoms with van der Waals surface area (Å²) in [5.41, 5.74) is 2.20. The lowest BCUT2D eigenvalue weighted by molar-refractivity contribution is 0.553. The SMILES string of the molecule is CCNC(C)c1cccn1Cc1ccc(F)c(Cl)c1. The minimum Gasteiger partial charge on any atom is -0.346 e. The number of benzene rings is 1. The zero-order valence-corrected chi connectivity index (χ0v) is 11.9. The van der Waals surface area contributed by atoms with Crippen molar-refractivity contribution in [1.29, 1.82) is 0 Å². The van der Waals surface area contributed by atoms with Gasteiger partial charge < -0.3 is 9.88 Å². The van der Waals surface area contributed by atoms with Crippen molar-refractivity contribution in [1.82, 2.24) is 9.88 Å². The lowest BCUT2D eigenvalue weighted by Crippen LogP contribution is -2.20. The number of hydrogen-bond donors (Lipinski definition) is 1. The molecule has 1 heterocycles. The fraction of sp³-hybridized carbons (Fsp3) is 0.333. The number of hydrogen-bond acceptors (Lipinski definition) is 1. The van der Waals surface area contributed by atoms with Crippen molar-refractivity contribution in [2.75, 3.05) is 6.54 Å². The van der Waals surface area contributed by atoms with Crippen LogP contribution in [0.2, 0.25) is 5.02 Å². The molecule has 0 saturated heterocycles. The third-order valence-corrected chi connectivity index (χ3v) is 3.45. The molecule has 1 aromatic heterocycles. The molecule has 0 aliphatic heterocycles. The number of rotatable bonds is 5. The van der Waals surface area contributed by atoms with Crippen LogP contribution in [0.25, 0.3) is 0 Å². The van der Waals surface area contributed by atoms with Crippen LogP contribution in [0, 0.1) is 5.82 Å². The van der Waals surface area contributed by atoms with Crippen LogP contribution in [-0.2, 0) is 6.54 Å². The Labute approximate surface area is 118 Å². The first-order valence-corrected chi connectivity index (χ1v) is 6.82. The fourth-order valence-electron chi connectivity index (χ4n) is 2.21. The molecule has 2 nitrogen and oxygen atoms in total. The molecule has 0 amide bonds. The van der Waals surface area contributed by atoms with Crippen molar-refractivity contribution < 1.29 is 4.39 Å². The highest BCUT2D eigenvalue weighted by atomic mass is 35.5. The summed E-state index contributed by atoms with van der Waals surface area (Å²) >= 11 is 5.81. The molecule has 0 saturated carbocycles. The van der Waals surface area contributed by atoms with Crippen LogP contribution in [-0.4, -0.2) is 11.1 Å². The van der Waals surface area contributed by atoms with Gasteiger partial charge in [-0.2, -0.15) is 0 Å². The minimum absolute atomic E-state index is 0.172. The van der Waals surface area contributed by atoms with Gasteiger partial charge in [0, 0.05) is 24.5 Å². The largest absolute Gasteiger partial charge is 0.346 e. The van der Waals surface area contributed by atoms with Crippen LogP contribution >= 0.6 is 11.6 Å². The van der Waals surface area contributed by atoms with Crippen molar-refractivity contribution in [2.45, 2.75) is 26.4 Å². The second kappa shape index (κ2) is 6.22. The number of halogens is 2. The highest BCUT2D eigenvalue weighted by molar-refractivity contribution is 6.30. The van der Waals surface area contributed by atoms with Gasteiger partial charge in [-0.05, 0) is 43.3 Å². The second-order valence-corrected chi connectivity index (χ2v) is 5.00. The van der Waals surface area contributed by atoms with Gasteiger partial charge in [-0.15, -0.1) is 0 Å². The predicted molar refractivity (Wildman–Crippen MR) is 77.0 cm³/mol. The van der Waals surface area contributed by atoms with E-state index in [-0.39, 0.29) is 16.9 Å².